The maximum atomic E-state index is 11.2. The number of benzene rings is 1. The van der Waals surface area contributed by atoms with Crippen molar-refractivity contribution in [3.05, 3.63) is 35.4 Å². The van der Waals surface area contributed by atoms with Crippen molar-refractivity contribution in [1.29, 1.82) is 0 Å². The smallest absolute Gasteiger partial charge is 0.178 e. The molecule has 0 fully saturated rings. The summed E-state index contributed by atoms with van der Waals surface area (Å²) in [6, 6.07) is 7.76. The fraction of sp³-hybridized carbons (Fsp3) is 0.273. The Morgan fingerprint density at radius 1 is 1.31 bits per heavy atom. The number of Topliss-reactive ketones (excluding diaryl/α,β-unsaturated/α-hetero) is 1. The molecular formula is C11H13NO. The van der Waals surface area contributed by atoms with Crippen LogP contribution in [0.1, 0.15) is 18.1 Å². The predicted molar refractivity (Wildman–Crippen MR) is 54.3 cm³/mol. The predicted octanol–water partition coefficient (Wildman–Crippen LogP) is 2.00. The normalized spacial score (nSPS) is 11.5. The SMILES string of the molecule is CN=C(C(C)=O)c1ccccc1C. The highest BCUT2D eigenvalue weighted by Gasteiger charge is 2.09. The van der Waals surface area contributed by atoms with Gasteiger partial charge in [0, 0.05) is 19.5 Å². The lowest BCUT2D eigenvalue weighted by molar-refractivity contribution is -0.111. The summed E-state index contributed by atoms with van der Waals surface area (Å²) in [6.45, 7) is 3.51. The Morgan fingerprint density at radius 3 is 2.38 bits per heavy atom. The lowest BCUT2D eigenvalue weighted by Gasteiger charge is -2.04. The second-order valence-corrected chi connectivity index (χ2v) is 2.94. The first kappa shape index (κ1) is 9.65. The van der Waals surface area contributed by atoms with Crippen LogP contribution in [0.4, 0.5) is 0 Å². The molecule has 0 heterocycles. The van der Waals surface area contributed by atoms with Gasteiger partial charge in [-0.15, -0.1) is 0 Å². The van der Waals surface area contributed by atoms with Gasteiger partial charge in [-0.25, -0.2) is 0 Å². The van der Waals surface area contributed by atoms with Crippen LogP contribution in [0.15, 0.2) is 29.3 Å². The molecule has 0 radical (unpaired) electrons. The maximum absolute atomic E-state index is 11.2. The summed E-state index contributed by atoms with van der Waals surface area (Å²) in [5.41, 5.74) is 2.56. The van der Waals surface area contributed by atoms with Crippen LogP contribution in [-0.4, -0.2) is 18.5 Å². The van der Waals surface area contributed by atoms with Crippen LogP contribution in [0, 0.1) is 6.92 Å². The van der Waals surface area contributed by atoms with Crippen LogP contribution in [0.25, 0.3) is 0 Å². The number of hydrogen-bond acceptors (Lipinski definition) is 2. The molecule has 0 saturated heterocycles. The van der Waals surface area contributed by atoms with E-state index in [-0.39, 0.29) is 5.78 Å². The van der Waals surface area contributed by atoms with Gasteiger partial charge in [-0.05, 0) is 12.5 Å². The third kappa shape index (κ3) is 2.02. The lowest BCUT2D eigenvalue weighted by Crippen LogP contribution is -2.12. The number of aliphatic imine (C=N–C) groups is 1. The highest BCUT2D eigenvalue weighted by molar-refractivity contribution is 6.45. The minimum atomic E-state index is 0.0109. The van der Waals surface area contributed by atoms with Gasteiger partial charge in [0.25, 0.3) is 0 Å². The zero-order valence-electron chi connectivity index (χ0n) is 8.16. The van der Waals surface area contributed by atoms with Gasteiger partial charge in [0.1, 0.15) is 5.71 Å². The molecule has 2 heteroatoms. The lowest BCUT2D eigenvalue weighted by atomic mass is 10.0. The number of ketones is 1. The minimum absolute atomic E-state index is 0.0109. The minimum Gasteiger partial charge on any atom is -0.293 e. The number of aryl methyl sites for hydroxylation is 1. The summed E-state index contributed by atoms with van der Waals surface area (Å²) >= 11 is 0. The molecule has 1 rings (SSSR count). The molecule has 1 aromatic carbocycles. The molecule has 2 nitrogen and oxygen atoms in total. The Bertz CT molecular complexity index is 353. The fourth-order valence-corrected chi connectivity index (χ4v) is 1.31. The monoisotopic (exact) mass is 175 g/mol. The maximum Gasteiger partial charge on any atom is 0.178 e. The van der Waals surface area contributed by atoms with E-state index in [9.17, 15) is 4.79 Å². The Kier molecular flexibility index (Phi) is 2.96. The van der Waals surface area contributed by atoms with E-state index in [0.717, 1.165) is 11.1 Å². The quantitative estimate of drug-likeness (QED) is 0.632. The average molecular weight is 175 g/mol. The molecule has 0 bridgehead atoms. The van der Waals surface area contributed by atoms with Crippen molar-refractivity contribution in [3.63, 3.8) is 0 Å². The molecule has 0 aliphatic rings. The van der Waals surface area contributed by atoms with Crippen molar-refractivity contribution in [3.8, 4) is 0 Å². The van der Waals surface area contributed by atoms with Crippen LogP contribution in [0.3, 0.4) is 0 Å². The summed E-state index contributed by atoms with van der Waals surface area (Å²) in [5, 5.41) is 0. The first-order chi connectivity index (χ1) is 6.16. The third-order valence-electron chi connectivity index (χ3n) is 1.96. The molecule has 0 saturated carbocycles. The van der Waals surface area contributed by atoms with Crippen LogP contribution < -0.4 is 0 Å². The van der Waals surface area contributed by atoms with Crippen LogP contribution in [0.2, 0.25) is 0 Å². The van der Waals surface area contributed by atoms with Crippen molar-refractivity contribution < 1.29 is 4.79 Å². The fourth-order valence-electron chi connectivity index (χ4n) is 1.31. The van der Waals surface area contributed by atoms with Gasteiger partial charge in [0.05, 0.1) is 0 Å². The molecule has 0 unspecified atom stereocenters. The van der Waals surface area contributed by atoms with Crippen molar-refractivity contribution in [2.75, 3.05) is 7.05 Å². The average Bonchev–Trinajstić information content (AvgIpc) is 2.09. The Labute approximate surface area is 78.3 Å². The summed E-state index contributed by atoms with van der Waals surface area (Å²) in [4.78, 5) is 15.2. The van der Waals surface area contributed by atoms with Gasteiger partial charge >= 0.3 is 0 Å². The van der Waals surface area contributed by atoms with Gasteiger partial charge in [-0.1, -0.05) is 24.3 Å². The van der Waals surface area contributed by atoms with Gasteiger partial charge in [-0.3, -0.25) is 9.79 Å². The van der Waals surface area contributed by atoms with E-state index < -0.39 is 0 Å². The van der Waals surface area contributed by atoms with Crippen LogP contribution >= 0.6 is 0 Å². The van der Waals surface area contributed by atoms with Crippen molar-refractivity contribution in [1.82, 2.24) is 0 Å². The standard InChI is InChI=1S/C11H13NO/c1-8-6-4-5-7-10(8)11(12-3)9(2)13/h4-7H,1-3H3. The van der Waals surface area contributed by atoms with Crippen LogP contribution in [-0.2, 0) is 4.79 Å². The number of hydrogen-bond donors (Lipinski definition) is 0. The first-order valence-electron chi connectivity index (χ1n) is 4.20. The third-order valence-corrected chi connectivity index (χ3v) is 1.96. The summed E-state index contributed by atoms with van der Waals surface area (Å²) in [5.74, 6) is 0.0109. The molecule has 13 heavy (non-hydrogen) atoms. The summed E-state index contributed by atoms with van der Waals surface area (Å²) in [6.07, 6.45) is 0. The van der Waals surface area contributed by atoms with E-state index in [2.05, 4.69) is 4.99 Å². The highest BCUT2D eigenvalue weighted by Crippen LogP contribution is 2.08. The highest BCUT2D eigenvalue weighted by atomic mass is 16.1. The number of carbonyl (C=O) groups excluding carboxylic acids is 1. The van der Waals surface area contributed by atoms with Gasteiger partial charge < -0.3 is 0 Å². The molecule has 0 atom stereocenters. The molecule has 0 amide bonds. The molecule has 1 aromatic rings. The van der Waals surface area contributed by atoms with Crippen molar-refractivity contribution in [2.45, 2.75) is 13.8 Å². The Morgan fingerprint density at radius 2 is 1.92 bits per heavy atom. The molecule has 0 aliphatic carbocycles. The Balaban J connectivity index is 3.21. The van der Waals surface area contributed by atoms with E-state index in [1.807, 2.05) is 31.2 Å². The summed E-state index contributed by atoms with van der Waals surface area (Å²) in [7, 11) is 1.64. The van der Waals surface area contributed by atoms with Crippen molar-refractivity contribution in [2.24, 2.45) is 4.99 Å². The second-order valence-electron chi connectivity index (χ2n) is 2.94. The van der Waals surface area contributed by atoms with Gasteiger partial charge in [0.15, 0.2) is 5.78 Å². The van der Waals surface area contributed by atoms with E-state index in [0.29, 0.717) is 5.71 Å². The Hall–Kier alpha value is -1.44. The number of carbonyl (C=O) groups is 1. The zero-order chi connectivity index (χ0) is 9.84. The molecule has 0 aliphatic heterocycles. The van der Waals surface area contributed by atoms with Gasteiger partial charge in [-0.2, -0.15) is 0 Å². The number of nitrogens with zero attached hydrogens (tertiary/aromatic N) is 1. The molecule has 0 spiro atoms. The van der Waals surface area contributed by atoms with E-state index in [1.54, 1.807) is 7.05 Å². The van der Waals surface area contributed by atoms with Crippen molar-refractivity contribution >= 4 is 11.5 Å². The largest absolute Gasteiger partial charge is 0.293 e. The first-order valence-corrected chi connectivity index (χ1v) is 4.20. The van der Waals surface area contributed by atoms with E-state index in [1.165, 1.54) is 6.92 Å². The zero-order valence-corrected chi connectivity index (χ0v) is 8.16. The molecular weight excluding hydrogens is 162 g/mol. The van der Waals surface area contributed by atoms with E-state index in [4.69, 9.17) is 0 Å². The summed E-state index contributed by atoms with van der Waals surface area (Å²) < 4.78 is 0. The molecule has 0 N–H and O–H groups in total. The second kappa shape index (κ2) is 3.99. The molecule has 68 valence electrons. The van der Waals surface area contributed by atoms with Crippen LogP contribution in [0.5, 0.6) is 0 Å². The number of rotatable bonds is 2. The van der Waals surface area contributed by atoms with Gasteiger partial charge in [0.2, 0.25) is 0 Å². The topological polar surface area (TPSA) is 29.4 Å². The molecule has 0 aromatic heterocycles. The van der Waals surface area contributed by atoms with E-state index >= 15 is 0 Å².